The molecule has 0 bridgehead atoms. The van der Waals surface area contributed by atoms with Crippen LogP contribution in [0.1, 0.15) is 49.4 Å². The number of nitrogen functional groups attached to an aromatic ring is 1. The zero-order chi connectivity index (χ0) is 18.3. The topological polar surface area (TPSA) is 88.7 Å². The molecule has 3 N–H and O–H groups in total. The zero-order valence-corrected chi connectivity index (χ0v) is 15.8. The third-order valence-corrected chi connectivity index (χ3v) is 6.49. The molecule has 2 saturated heterocycles. The summed E-state index contributed by atoms with van der Waals surface area (Å²) in [6.07, 6.45) is 3.69. The number of carbonyl (C=O) groups is 1. The van der Waals surface area contributed by atoms with Crippen LogP contribution in [0.5, 0.6) is 0 Å². The molecule has 4 rings (SSSR count). The molecule has 2 aliphatic heterocycles. The first-order valence-corrected chi connectivity index (χ1v) is 10.1. The molecule has 7 heteroatoms. The Morgan fingerprint density at radius 2 is 2.23 bits per heavy atom. The normalized spacial score (nSPS) is 25.7. The lowest BCUT2D eigenvalue weighted by Crippen LogP contribution is -2.53. The van der Waals surface area contributed by atoms with Crippen LogP contribution in [0.25, 0.3) is 10.2 Å². The zero-order valence-electron chi connectivity index (χ0n) is 15.0. The standard InChI is InChI=1S/C19H25N3O3S/c1-2-14-10-13(23)11-19(25-14)5-7-22(8-6-19)17(24)12-3-4-16-15(9-12)21-18(20)26-16/h3-4,9,13-14,23H,2,5-8,10-11H2,1H3,(H2,20,21)/t13-,14+/m1/s1. The van der Waals surface area contributed by atoms with E-state index in [0.717, 1.165) is 35.9 Å². The summed E-state index contributed by atoms with van der Waals surface area (Å²) in [5, 5.41) is 10.7. The van der Waals surface area contributed by atoms with Gasteiger partial charge in [0, 0.05) is 25.1 Å². The van der Waals surface area contributed by atoms with Gasteiger partial charge in [-0.15, -0.1) is 0 Å². The predicted molar refractivity (Wildman–Crippen MR) is 102 cm³/mol. The van der Waals surface area contributed by atoms with Gasteiger partial charge in [0.2, 0.25) is 0 Å². The molecular weight excluding hydrogens is 350 g/mol. The molecule has 0 aliphatic carbocycles. The van der Waals surface area contributed by atoms with E-state index in [4.69, 9.17) is 10.5 Å². The van der Waals surface area contributed by atoms with Crippen molar-refractivity contribution in [2.24, 2.45) is 0 Å². The SMILES string of the molecule is CC[C@H]1C[C@@H](O)CC2(CCN(C(=O)c3ccc4sc(N)nc4c3)CC2)O1. The van der Waals surface area contributed by atoms with Gasteiger partial charge in [-0.3, -0.25) is 4.79 Å². The van der Waals surface area contributed by atoms with Gasteiger partial charge < -0.3 is 20.5 Å². The number of anilines is 1. The molecule has 140 valence electrons. The van der Waals surface area contributed by atoms with Crippen molar-refractivity contribution in [3.05, 3.63) is 23.8 Å². The summed E-state index contributed by atoms with van der Waals surface area (Å²) < 4.78 is 7.30. The van der Waals surface area contributed by atoms with Gasteiger partial charge in [0.1, 0.15) is 0 Å². The number of piperidine rings is 1. The molecule has 0 saturated carbocycles. The first kappa shape index (κ1) is 17.7. The molecule has 0 radical (unpaired) electrons. The molecular formula is C19H25N3O3S. The number of hydrogen-bond donors (Lipinski definition) is 2. The maximum Gasteiger partial charge on any atom is 0.253 e. The smallest absolute Gasteiger partial charge is 0.253 e. The number of amides is 1. The van der Waals surface area contributed by atoms with E-state index in [-0.39, 0.29) is 23.7 Å². The third kappa shape index (κ3) is 3.31. The van der Waals surface area contributed by atoms with Crippen molar-refractivity contribution in [2.45, 2.75) is 56.8 Å². The molecule has 1 amide bonds. The molecule has 2 fully saturated rings. The number of aliphatic hydroxyl groups excluding tert-OH is 1. The van der Waals surface area contributed by atoms with E-state index in [9.17, 15) is 9.90 Å². The fraction of sp³-hybridized carbons (Fsp3) is 0.579. The maximum absolute atomic E-state index is 12.9. The molecule has 2 atom stereocenters. The third-order valence-electron chi connectivity index (χ3n) is 5.63. The van der Waals surface area contributed by atoms with Crippen molar-refractivity contribution in [1.82, 2.24) is 9.88 Å². The second-order valence-corrected chi connectivity index (χ2v) is 8.51. The summed E-state index contributed by atoms with van der Waals surface area (Å²) in [6.45, 7) is 3.40. The number of nitrogens with two attached hydrogens (primary N) is 1. The van der Waals surface area contributed by atoms with E-state index in [1.807, 2.05) is 23.1 Å². The molecule has 1 aromatic heterocycles. The fourth-order valence-electron chi connectivity index (χ4n) is 4.22. The lowest BCUT2D eigenvalue weighted by molar-refractivity contribution is -0.179. The van der Waals surface area contributed by atoms with Crippen LogP contribution in [-0.2, 0) is 4.74 Å². The number of aromatic nitrogens is 1. The number of aliphatic hydroxyl groups is 1. The summed E-state index contributed by atoms with van der Waals surface area (Å²) >= 11 is 1.43. The van der Waals surface area contributed by atoms with Crippen LogP contribution in [-0.4, -0.2) is 51.8 Å². The van der Waals surface area contributed by atoms with E-state index in [1.54, 1.807) is 0 Å². The summed E-state index contributed by atoms with van der Waals surface area (Å²) in [6, 6.07) is 5.58. The average molecular weight is 375 g/mol. The molecule has 26 heavy (non-hydrogen) atoms. The largest absolute Gasteiger partial charge is 0.393 e. The summed E-state index contributed by atoms with van der Waals surface area (Å²) in [5.74, 6) is 0.0247. The molecule has 0 unspecified atom stereocenters. The number of likely N-dealkylation sites (tertiary alicyclic amines) is 1. The number of hydrogen-bond acceptors (Lipinski definition) is 6. The molecule has 6 nitrogen and oxygen atoms in total. The summed E-state index contributed by atoms with van der Waals surface area (Å²) in [7, 11) is 0. The van der Waals surface area contributed by atoms with Crippen LogP contribution in [0, 0.1) is 0 Å². The van der Waals surface area contributed by atoms with E-state index >= 15 is 0 Å². The molecule has 2 aliphatic rings. The number of ether oxygens (including phenoxy) is 1. The van der Waals surface area contributed by atoms with E-state index in [2.05, 4.69) is 11.9 Å². The van der Waals surface area contributed by atoms with E-state index in [1.165, 1.54) is 11.3 Å². The Kier molecular flexibility index (Phi) is 4.62. The van der Waals surface area contributed by atoms with Crippen LogP contribution >= 0.6 is 11.3 Å². The Balaban J connectivity index is 1.45. The van der Waals surface area contributed by atoms with Crippen LogP contribution in [0.3, 0.4) is 0 Å². The van der Waals surface area contributed by atoms with E-state index < -0.39 is 0 Å². The summed E-state index contributed by atoms with van der Waals surface area (Å²) in [4.78, 5) is 19.0. The number of fused-ring (bicyclic) bond motifs is 1. The Labute approximate surface area is 157 Å². The van der Waals surface area contributed by atoms with Gasteiger partial charge in [-0.25, -0.2) is 4.98 Å². The quantitative estimate of drug-likeness (QED) is 0.843. The number of rotatable bonds is 2. The molecule has 1 aromatic carbocycles. The van der Waals surface area contributed by atoms with Crippen molar-refractivity contribution < 1.29 is 14.6 Å². The second kappa shape index (κ2) is 6.79. The fourth-order valence-corrected chi connectivity index (χ4v) is 4.93. The van der Waals surface area contributed by atoms with Crippen molar-refractivity contribution >= 4 is 32.6 Å². The van der Waals surface area contributed by atoms with Crippen molar-refractivity contribution in [3.8, 4) is 0 Å². The summed E-state index contributed by atoms with van der Waals surface area (Å²) in [5.41, 5.74) is 6.90. The monoisotopic (exact) mass is 375 g/mol. The molecule has 2 aromatic rings. The predicted octanol–water partition coefficient (Wildman–Crippen LogP) is 2.80. The highest BCUT2D eigenvalue weighted by Crippen LogP contribution is 2.38. The van der Waals surface area contributed by atoms with Gasteiger partial charge in [0.05, 0.1) is 28.0 Å². The molecule has 1 spiro atoms. The number of nitrogens with zero attached hydrogens (tertiary/aromatic N) is 2. The lowest BCUT2D eigenvalue weighted by atomic mass is 9.81. The highest BCUT2D eigenvalue weighted by Gasteiger charge is 2.43. The van der Waals surface area contributed by atoms with Crippen molar-refractivity contribution in [1.29, 1.82) is 0 Å². The van der Waals surface area contributed by atoms with Crippen molar-refractivity contribution in [3.63, 3.8) is 0 Å². The van der Waals surface area contributed by atoms with Gasteiger partial charge in [-0.1, -0.05) is 18.3 Å². The van der Waals surface area contributed by atoms with E-state index in [0.29, 0.717) is 30.2 Å². The number of carbonyl (C=O) groups excluding carboxylic acids is 1. The Morgan fingerprint density at radius 3 is 2.96 bits per heavy atom. The number of thiazole rings is 1. The van der Waals surface area contributed by atoms with Gasteiger partial charge in [-0.2, -0.15) is 0 Å². The van der Waals surface area contributed by atoms with Gasteiger partial charge >= 0.3 is 0 Å². The van der Waals surface area contributed by atoms with Gasteiger partial charge in [0.25, 0.3) is 5.91 Å². The Morgan fingerprint density at radius 1 is 1.46 bits per heavy atom. The van der Waals surface area contributed by atoms with Crippen LogP contribution in [0.15, 0.2) is 18.2 Å². The van der Waals surface area contributed by atoms with Crippen LogP contribution in [0.4, 0.5) is 5.13 Å². The first-order valence-electron chi connectivity index (χ1n) is 9.29. The second-order valence-electron chi connectivity index (χ2n) is 7.45. The maximum atomic E-state index is 12.9. The van der Waals surface area contributed by atoms with Crippen molar-refractivity contribution in [2.75, 3.05) is 18.8 Å². The minimum Gasteiger partial charge on any atom is -0.393 e. The minimum atomic E-state index is -0.298. The Hall–Kier alpha value is -1.70. The number of benzene rings is 1. The lowest BCUT2D eigenvalue weighted by Gasteiger charge is -2.47. The highest BCUT2D eigenvalue weighted by atomic mass is 32.1. The Bertz CT molecular complexity index is 813. The van der Waals surface area contributed by atoms with Gasteiger partial charge in [0.15, 0.2) is 5.13 Å². The van der Waals surface area contributed by atoms with Gasteiger partial charge in [-0.05, 0) is 43.9 Å². The van der Waals surface area contributed by atoms with Crippen LogP contribution < -0.4 is 5.73 Å². The first-order chi connectivity index (χ1) is 12.5. The van der Waals surface area contributed by atoms with Crippen LogP contribution in [0.2, 0.25) is 0 Å². The minimum absolute atomic E-state index is 0.0247. The molecule has 3 heterocycles. The average Bonchev–Trinajstić information content (AvgIpc) is 3.00. The highest BCUT2D eigenvalue weighted by molar-refractivity contribution is 7.22.